The lowest BCUT2D eigenvalue weighted by Crippen LogP contribution is -2.00. The van der Waals surface area contributed by atoms with Crippen LogP contribution < -0.4 is 0 Å². The van der Waals surface area contributed by atoms with Crippen molar-refractivity contribution >= 4 is 11.3 Å². The molecule has 0 unspecified atom stereocenters. The van der Waals surface area contributed by atoms with Crippen LogP contribution >= 0.6 is 11.3 Å². The van der Waals surface area contributed by atoms with Crippen molar-refractivity contribution in [1.29, 1.82) is 0 Å². The fourth-order valence-corrected chi connectivity index (χ4v) is 1.90. The van der Waals surface area contributed by atoms with E-state index >= 15 is 0 Å². The van der Waals surface area contributed by atoms with Crippen molar-refractivity contribution in [3.05, 3.63) is 16.2 Å². The molecule has 0 N–H and O–H groups in total. The van der Waals surface area contributed by atoms with Gasteiger partial charge in [0.2, 0.25) is 0 Å². The molecule has 5 nitrogen and oxygen atoms in total. The Bertz CT molecular complexity index is 462. The van der Waals surface area contributed by atoms with E-state index in [9.17, 15) is 0 Å². The Morgan fingerprint density at radius 3 is 2.87 bits per heavy atom. The first-order valence-corrected chi connectivity index (χ1v) is 5.40. The Morgan fingerprint density at radius 2 is 2.27 bits per heavy atom. The Morgan fingerprint density at radius 1 is 1.47 bits per heavy atom. The van der Waals surface area contributed by atoms with Crippen LogP contribution in [-0.4, -0.2) is 26.9 Å². The van der Waals surface area contributed by atoms with Crippen molar-refractivity contribution in [2.75, 3.05) is 7.11 Å². The van der Waals surface area contributed by atoms with E-state index in [1.165, 1.54) is 0 Å². The van der Waals surface area contributed by atoms with E-state index < -0.39 is 0 Å². The molecule has 2 aromatic rings. The molecule has 0 saturated carbocycles. The van der Waals surface area contributed by atoms with E-state index in [-0.39, 0.29) is 0 Å². The molecular formula is C9H12N4OS. The van der Waals surface area contributed by atoms with Crippen LogP contribution in [0.2, 0.25) is 0 Å². The minimum atomic E-state index is 0.465. The fraction of sp³-hybridized carbons (Fsp3) is 0.444. The van der Waals surface area contributed by atoms with Gasteiger partial charge in [0.1, 0.15) is 12.3 Å². The maximum absolute atomic E-state index is 5.02. The molecule has 0 aliphatic heterocycles. The molecule has 0 aliphatic rings. The molecular weight excluding hydrogens is 212 g/mol. The number of hydrogen-bond donors (Lipinski definition) is 0. The first-order valence-electron chi connectivity index (χ1n) is 4.52. The van der Waals surface area contributed by atoms with Crippen LogP contribution in [0, 0.1) is 6.92 Å². The number of thiazole rings is 1. The van der Waals surface area contributed by atoms with Gasteiger partial charge in [-0.25, -0.2) is 4.98 Å². The third-order valence-corrected chi connectivity index (χ3v) is 2.86. The summed E-state index contributed by atoms with van der Waals surface area (Å²) >= 11 is 1.61. The van der Waals surface area contributed by atoms with Crippen LogP contribution in [0.1, 0.15) is 10.8 Å². The van der Waals surface area contributed by atoms with E-state index in [0.29, 0.717) is 6.61 Å². The fourth-order valence-electron chi connectivity index (χ4n) is 1.31. The number of hydrogen-bond acceptors (Lipinski definition) is 5. The molecule has 15 heavy (non-hydrogen) atoms. The molecule has 2 aromatic heterocycles. The maximum Gasteiger partial charge on any atom is 0.183 e. The lowest BCUT2D eigenvalue weighted by Gasteiger charge is -2.00. The second-order valence-corrected chi connectivity index (χ2v) is 4.25. The second-order valence-electron chi connectivity index (χ2n) is 3.18. The highest BCUT2D eigenvalue weighted by atomic mass is 32.1. The topological polar surface area (TPSA) is 52.8 Å². The number of rotatable bonds is 3. The second kappa shape index (κ2) is 4.08. The average molecular weight is 224 g/mol. The van der Waals surface area contributed by atoms with E-state index in [0.717, 1.165) is 22.4 Å². The molecule has 2 rings (SSSR count). The summed E-state index contributed by atoms with van der Waals surface area (Å²) in [5.74, 6) is 1.59. The normalized spacial score (nSPS) is 10.9. The molecule has 6 heteroatoms. The largest absolute Gasteiger partial charge is 0.377 e. The lowest BCUT2D eigenvalue weighted by molar-refractivity contribution is 0.175. The number of aryl methyl sites for hydroxylation is 1. The zero-order valence-corrected chi connectivity index (χ0v) is 9.71. The summed E-state index contributed by atoms with van der Waals surface area (Å²) in [5, 5.41) is 11.1. The monoisotopic (exact) mass is 224 g/mol. The molecule has 0 aromatic carbocycles. The predicted molar refractivity (Wildman–Crippen MR) is 57.6 cm³/mol. The predicted octanol–water partition coefficient (Wildman–Crippen LogP) is 1.39. The standard InChI is InChI=1S/C9H12N4OS/c1-6-10-7(5-15-6)9-12-11-8(4-14-3)13(9)2/h5H,4H2,1-3H3. The first-order chi connectivity index (χ1) is 7.22. The quantitative estimate of drug-likeness (QED) is 0.790. The van der Waals surface area contributed by atoms with Gasteiger partial charge in [-0.05, 0) is 6.92 Å². The van der Waals surface area contributed by atoms with Crippen molar-refractivity contribution < 1.29 is 4.74 Å². The number of methoxy groups -OCH3 is 1. The molecule has 0 bridgehead atoms. The Hall–Kier alpha value is -1.27. The Kier molecular flexibility index (Phi) is 2.79. The van der Waals surface area contributed by atoms with Crippen LogP contribution in [0.25, 0.3) is 11.5 Å². The molecule has 0 aliphatic carbocycles. The van der Waals surface area contributed by atoms with E-state index in [1.54, 1.807) is 18.4 Å². The van der Waals surface area contributed by atoms with Gasteiger partial charge in [-0.2, -0.15) is 0 Å². The lowest BCUT2D eigenvalue weighted by atomic mass is 10.4. The third kappa shape index (κ3) is 1.91. The van der Waals surface area contributed by atoms with Crippen molar-refractivity contribution in [2.24, 2.45) is 7.05 Å². The van der Waals surface area contributed by atoms with Gasteiger partial charge in [-0.3, -0.25) is 0 Å². The molecule has 0 radical (unpaired) electrons. The molecule has 0 spiro atoms. The summed E-state index contributed by atoms with van der Waals surface area (Å²) in [4.78, 5) is 4.37. The van der Waals surface area contributed by atoms with E-state index in [2.05, 4.69) is 15.2 Å². The number of nitrogens with zero attached hydrogens (tertiary/aromatic N) is 4. The molecule has 0 atom stereocenters. The summed E-state index contributed by atoms with van der Waals surface area (Å²) in [6, 6.07) is 0. The zero-order chi connectivity index (χ0) is 10.8. The van der Waals surface area contributed by atoms with Crippen LogP contribution in [0.3, 0.4) is 0 Å². The van der Waals surface area contributed by atoms with Gasteiger partial charge in [0.25, 0.3) is 0 Å². The summed E-state index contributed by atoms with van der Waals surface area (Å²) in [6.07, 6.45) is 0. The first kappa shape index (κ1) is 10.3. The van der Waals surface area contributed by atoms with Crippen molar-refractivity contribution in [3.8, 4) is 11.5 Å². The maximum atomic E-state index is 5.02. The highest BCUT2D eigenvalue weighted by Gasteiger charge is 2.12. The smallest absolute Gasteiger partial charge is 0.183 e. The summed E-state index contributed by atoms with van der Waals surface area (Å²) in [7, 11) is 3.56. The highest BCUT2D eigenvalue weighted by molar-refractivity contribution is 7.09. The Balaban J connectivity index is 2.37. The van der Waals surface area contributed by atoms with Crippen molar-refractivity contribution in [3.63, 3.8) is 0 Å². The molecule has 80 valence electrons. The molecule has 2 heterocycles. The number of ether oxygens (including phenoxy) is 1. The number of aromatic nitrogens is 4. The highest BCUT2D eigenvalue weighted by Crippen LogP contribution is 2.19. The van der Waals surface area contributed by atoms with Crippen LogP contribution in [0.15, 0.2) is 5.38 Å². The van der Waals surface area contributed by atoms with Crippen LogP contribution in [0.4, 0.5) is 0 Å². The molecule has 0 fully saturated rings. The average Bonchev–Trinajstić information content (AvgIpc) is 2.76. The zero-order valence-electron chi connectivity index (χ0n) is 8.89. The molecule has 0 amide bonds. The Labute approximate surface area is 91.7 Å². The van der Waals surface area contributed by atoms with Gasteiger partial charge in [0, 0.05) is 19.5 Å². The SMILES string of the molecule is COCc1nnc(-c2csc(C)n2)n1C. The summed E-state index contributed by atoms with van der Waals surface area (Å²) in [5.41, 5.74) is 0.870. The van der Waals surface area contributed by atoms with Gasteiger partial charge in [0.05, 0.1) is 5.01 Å². The van der Waals surface area contributed by atoms with Gasteiger partial charge in [-0.1, -0.05) is 0 Å². The summed E-state index contributed by atoms with van der Waals surface area (Å²) < 4.78 is 6.92. The van der Waals surface area contributed by atoms with Gasteiger partial charge < -0.3 is 9.30 Å². The van der Waals surface area contributed by atoms with Gasteiger partial charge in [-0.15, -0.1) is 21.5 Å². The van der Waals surface area contributed by atoms with Crippen molar-refractivity contribution in [1.82, 2.24) is 19.7 Å². The van der Waals surface area contributed by atoms with Crippen molar-refractivity contribution in [2.45, 2.75) is 13.5 Å². The molecule has 0 saturated heterocycles. The van der Waals surface area contributed by atoms with Gasteiger partial charge in [0.15, 0.2) is 11.6 Å². The third-order valence-electron chi connectivity index (χ3n) is 2.09. The van der Waals surface area contributed by atoms with E-state index in [1.807, 2.05) is 23.9 Å². The minimum Gasteiger partial charge on any atom is -0.377 e. The van der Waals surface area contributed by atoms with Gasteiger partial charge >= 0.3 is 0 Å². The van der Waals surface area contributed by atoms with Crippen LogP contribution in [-0.2, 0) is 18.4 Å². The summed E-state index contributed by atoms with van der Waals surface area (Å²) in [6.45, 7) is 2.44. The minimum absolute atomic E-state index is 0.465. The van der Waals surface area contributed by atoms with E-state index in [4.69, 9.17) is 4.74 Å². The van der Waals surface area contributed by atoms with Crippen LogP contribution in [0.5, 0.6) is 0 Å².